The first-order valence-electron chi connectivity index (χ1n) is 6.96. The highest BCUT2D eigenvalue weighted by Crippen LogP contribution is 2.00. The second kappa shape index (κ2) is 7.87. The molecule has 3 N–H and O–H groups in total. The van der Waals surface area contributed by atoms with Crippen LogP contribution in [0.5, 0.6) is 0 Å². The number of nitrogens with one attached hydrogen (secondary N) is 3. The Kier molecular flexibility index (Phi) is 7.24. The van der Waals surface area contributed by atoms with Crippen LogP contribution in [0.15, 0.2) is 0 Å². The van der Waals surface area contributed by atoms with Gasteiger partial charge in [-0.15, -0.1) is 0 Å². The molecule has 0 aliphatic rings. The van der Waals surface area contributed by atoms with E-state index in [1.54, 1.807) is 13.8 Å². The number of carbonyl (C=O) groups is 3. The average molecular weight is 285 g/mol. The van der Waals surface area contributed by atoms with Crippen molar-refractivity contribution in [3.05, 3.63) is 0 Å². The first-order valence-corrected chi connectivity index (χ1v) is 6.96. The minimum atomic E-state index is -0.637. The maximum Gasteiger partial charge on any atom is 0.242 e. The van der Waals surface area contributed by atoms with Gasteiger partial charge in [0.25, 0.3) is 0 Å². The van der Waals surface area contributed by atoms with Crippen molar-refractivity contribution in [1.82, 2.24) is 16.0 Å². The Balaban J connectivity index is 4.15. The number of carbonyl (C=O) groups excluding carboxylic acids is 3. The van der Waals surface area contributed by atoms with Crippen LogP contribution in [0.25, 0.3) is 0 Å². The van der Waals surface area contributed by atoms with E-state index in [0.717, 1.165) is 6.42 Å². The number of hydrogen-bond donors (Lipinski definition) is 3. The van der Waals surface area contributed by atoms with Crippen LogP contribution in [0.3, 0.4) is 0 Å². The highest BCUT2D eigenvalue weighted by molar-refractivity contribution is 5.90. The Hall–Kier alpha value is -1.59. The molecule has 0 saturated carbocycles. The fourth-order valence-electron chi connectivity index (χ4n) is 1.36. The van der Waals surface area contributed by atoms with Crippen LogP contribution in [0.1, 0.15) is 48.0 Å². The lowest BCUT2D eigenvalue weighted by atomic mass is 10.1. The van der Waals surface area contributed by atoms with Crippen molar-refractivity contribution in [2.45, 2.75) is 59.5 Å². The van der Waals surface area contributed by atoms with Crippen molar-refractivity contribution in [2.24, 2.45) is 5.92 Å². The summed E-state index contributed by atoms with van der Waals surface area (Å²) in [6.45, 7) is 10.8. The van der Waals surface area contributed by atoms with Gasteiger partial charge in [0, 0.05) is 11.5 Å². The summed E-state index contributed by atoms with van der Waals surface area (Å²) in [6.07, 6.45) is 0.720. The predicted octanol–water partition coefficient (Wildman–Crippen LogP) is 0.568. The highest BCUT2D eigenvalue weighted by atomic mass is 16.2. The zero-order valence-corrected chi connectivity index (χ0v) is 13.3. The molecule has 0 aromatic heterocycles. The zero-order valence-electron chi connectivity index (χ0n) is 13.3. The zero-order chi connectivity index (χ0) is 15.9. The molecule has 116 valence electrons. The Bertz CT molecular complexity index is 361. The van der Waals surface area contributed by atoms with Crippen LogP contribution < -0.4 is 16.0 Å². The summed E-state index contributed by atoms with van der Waals surface area (Å²) in [4.78, 5) is 34.9. The molecule has 2 atom stereocenters. The molecule has 0 aromatic carbocycles. The van der Waals surface area contributed by atoms with Crippen LogP contribution in [0.2, 0.25) is 0 Å². The van der Waals surface area contributed by atoms with E-state index in [1.165, 1.54) is 0 Å². The first kappa shape index (κ1) is 18.4. The maximum absolute atomic E-state index is 11.8. The molecular formula is C14H27N3O3. The lowest BCUT2D eigenvalue weighted by Gasteiger charge is -2.23. The van der Waals surface area contributed by atoms with E-state index >= 15 is 0 Å². The monoisotopic (exact) mass is 285 g/mol. The van der Waals surface area contributed by atoms with Crippen LogP contribution in [0, 0.1) is 5.92 Å². The minimum Gasteiger partial charge on any atom is -0.350 e. The van der Waals surface area contributed by atoms with Gasteiger partial charge < -0.3 is 16.0 Å². The molecule has 0 aliphatic carbocycles. The third-order valence-corrected chi connectivity index (χ3v) is 2.75. The second-order valence-corrected chi connectivity index (χ2v) is 6.06. The molecule has 3 amide bonds. The fraction of sp³-hybridized carbons (Fsp3) is 0.786. The number of amides is 3. The molecule has 6 heteroatoms. The Labute approximate surface area is 121 Å². The van der Waals surface area contributed by atoms with Gasteiger partial charge in [-0.1, -0.05) is 13.8 Å². The van der Waals surface area contributed by atoms with Gasteiger partial charge in [-0.3, -0.25) is 14.4 Å². The standard InChI is InChI=1S/C14H27N3O3/c1-7-9(2)12(19)15-8-11(18)16-10(3)13(20)17-14(4,5)6/h9-10H,7-8H2,1-6H3,(H,15,19)(H,16,18)(H,17,20). The molecule has 20 heavy (non-hydrogen) atoms. The largest absolute Gasteiger partial charge is 0.350 e. The SMILES string of the molecule is CCC(C)C(=O)NCC(=O)NC(C)C(=O)NC(C)(C)C. The van der Waals surface area contributed by atoms with Crippen LogP contribution >= 0.6 is 0 Å². The first-order chi connectivity index (χ1) is 9.06. The van der Waals surface area contributed by atoms with E-state index in [-0.39, 0.29) is 35.7 Å². The van der Waals surface area contributed by atoms with Crippen molar-refractivity contribution in [2.75, 3.05) is 6.54 Å². The van der Waals surface area contributed by atoms with E-state index in [2.05, 4.69) is 16.0 Å². The van der Waals surface area contributed by atoms with Crippen molar-refractivity contribution < 1.29 is 14.4 Å². The third kappa shape index (κ3) is 7.76. The summed E-state index contributed by atoms with van der Waals surface area (Å²) < 4.78 is 0. The topological polar surface area (TPSA) is 87.3 Å². The summed E-state index contributed by atoms with van der Waals surface area (Å²) in [5.74, 6) is -0.906. The Morgan fingerprint density at radius 2 is 1.60 bits per heavy atom. The number of rotatable bonds is 6. The smallest absolute Gasteiger partial charge is 0.242 e. The molecule has 0 bridgehead atoms. The van der Waals surface area contributed by atoms with E-state index in [0.29, 0.717) is 0 Å². The summed E-state index contributed by atoms with van der Waals surface area (Å²) >= 11 is 0. The number of hydrogen-bond acceptors (Lipinski definition) is 3. The van der Waals surface area contributed by atoms with Crippen LogP contribution in [-0.2, 0) is 14.4 Å². The summed E-state index contributed by atoms with van der Waals surface area (Å²) in [5, 5.41) is 7.87. The molecule has 2 unspecified atom stereocenters. The highest BCUT2D eigenvalue weighted by Gasteiger charge is 2.21. The average Bonchev–Trinajstić information content (AvgIpc) is 2.32. The quantitative estimate of drug-likeness (QED) is 0.666. The molecule has 0 saturated heterocycles. The van der Waals surface area contributed by atoms with E-state index < -0.39 is 6.04 Å². The van der Waals surface area contributed by atoms with Gasteiger partial charge in [-0.2, -0.15) is 0 Å². The minimum absolute atomic E-state index is 0.115. The van der Waals surface area contributed by atoms with Gasteiger partial charge >= 0.3 is 0 Å². The Morgan fingerprint density at radius 1 is 1.05 bits per heavy atom. The molecular weight excluding hydrogens is 258 g/mol. The second-order valence-electron chi connectivity index (χ2n) is 6.06. The summed E-state index contributed by atoms with van der Waals surface area (Å²) in [7, 11) is 0. The van der Waals surface area contributed by atoms with E-state index in [4.69, 9.17) is 0 Å². The molecule has 0 radical (unpaired) electrons. The molecule has 0 aliphatic heterocycles. The molecule has 0 fully saturated rings. The van der Waals surface area contributed by atoms with E-state index in [9.17, 15) is 14.4 Å². The molecule has 0 spiro atoms. The van der Waals surface area contributed by atoms with Crippen molar-refractivity contribution in [3.63, 3.8) is 0 Å². The normalized spacial score (nSPS) is 14.1. The molecule has 0 heterocycles. The Morgan fingerprint density at radius 3 is 2.05 bits per heavy atom. The summed E-state index contributed by atoms with van der Waals surface area (Å²) in [6, 6.07) is -0.637. The third-order valence-electron chi connectivity index (χ3n) is 2.75. The molecule has 0 aromatic rings. The maximum atomic E-state index is 11.8. The molecule has 0 rings (SSSR count). The van der Waals surface area contributed by atoms with Crippen molar-refractivity contribution in [3.8, 4) is 0 Å². The predicted molar refractivity (Wildman–Crippen MR) is 78.0 cm³/mol. The van der Waals surface area contributed by atoms with Gasteiger partial charge in [0.05, 0.1) is 6.54 Å². The van der Waals surface area contributed by atoms with Crippen molar-refractivity contribution >= 4 is 17.7 Å². The van der Waals surface area contributed by atoms with Gasteiger partial charge in [0.2, 0.25) is 17.7 Å². The van der Waals surface area contributed by atoms with Gasteiger partial charge in [-0.25, -0.2) is 0 Å². The lowest BCUT2D eigenvalue weighted by molar-refractivity contribution is -0.130. The van der Waals surface area contributed by atoms with Crippen molar-refractivity contribution in [1.29, 1.82) is 0 Å². The van der Waals surface area contributed by atoms with Gasteiger partial charge in [0.1, 0.15) is 6.04 Å². The van der Waals surface area contributed by atoms with Crippen LogP contribution in [-0.4, -0.2) is 35.8 Å². The summed E-state index contributed by atoms with van der Waals surface area (Å²) in [5.41, 5.74) is -0.346. The van der Waals surface area contributed by atoms with E-state index in [1.807, 2.05) is 27.7 Å². The van der Waals surface area contributed by atoms with Gasteiger partial charge in [-0.05, 0) is 34.1 Å². The fourth-order valence-corrected chi connectivity index (χ4v) is 1.36. The molecule has 6 nitrogen and oxygen atoms in total. The van der Waals surface area contributed by atoms with Crippen LogP contribution in [0.4, 0.5) is 0 Å². The lowest BCUT2D eigenvalue weighted by Crippen LogP contribution is -2.52. The van der Waals surface area contributed by atoms with Gasteiger partial charge in [0.15, 0.2) is 0 Å².